The van der Waals surface area contributed by atoms with Gasteiger partial charge in [-0.15, -0.1) is 0 Å². The van der Waals surface area contributed by atoms with E-state index in [1.807, 2.05) is 0 Å². The normalized spacial score (nSPS) is 26.2. The van der Waals surface area contributed by atoms with E-state index in [0.29, 0.717) is 12.6 Å². The van der Waals surface area contributed by atoms with Crippen molar-refractivity contribution in [2.45, 2.75) is 38.3 Å². The molecule has 0 aliphatic carbocycles. The molecule has 0 amide bonds. The number of aliphatic carboxylic acids is 1. The SMILES string of the molecule is CCC1CCCN1CC(N)C(=O)O. The summed E-state index contributed by atoms with van der Waals surface area (Å²) < 4.78 is 0. The smallest absolute Gasteiger partial charge is 0.321 e. The lowest BCUT2D eigenvalue weighted by Crippen LogP contribution is -2.44. The number of carboxylic acids is 1. The Kier molecular flexibility index (Phi) is 3.69. The Morgan fingerprint density at radius 3 is 3.00 bits per heavy atom. The predicted octanol–water partition coefficient (Wildman–Crippen LogP) is 0.273. The van der Waals surface area contributed by atoms with Gasteiger partial charge in [0.15, 0.2) is 0 Å². The van der Waals surface area contributed by atoms with E-state index in [2.05, 4.69) is 11.8 Å². The fourth-order valence-electron chi connectivity index (χ4n) is 1.93. The average Bonchev–Trinajstić information content (AvgIpc) is 2.51. The molecule has 0 spiro atoms. The molecule has 0 saturated carbocycles. The lowest BCUT2D eigenvalue weighted by atomic mass is 10.1. The van der Waals surface area contributed by atoms with Crippen LogP contribution in [-0.2, 0) is 4.79 Å². The first-order chi connectivity index (χ1) is 6.15. The second kappa shape index (κ2) is 4.58. The fraction of sp³-hybridized carbons (Fsp3) is 0.889. The van der Waals surface area contributed by atoms with Crippen LogP contribution in [0.2, 0.25) is 0 Å². The highest BCUT2D eigenvalue weighted by Gasteiger charge is 2.26. The van der Waals surface area contributed by atoms with Crippen LogP contribution in [-0.4, -0.2) is 41.1 Å². The van der Waals surface area contributed by atoms with E-state index in [0.717, 1.165) is 13.0 Å². The topological polar surface area (TPSA) is 66.6 Å². The number of nitrogens with two attached hydrogens (primary N) is 1. The lowest BCUT2D eigenvalue weighted by Gasteiger charge is -2.24. The zero-order chi connectivity index (χ0) is 9.84. The number of carbonyl (C=O) groups is 1. The number of likely N-dealkylation sites (tertiary alicyclic amines) is 1. The van der Waals surface area contributed by atoms with Crippen LogP contribution in [0.5, 0.6) is 0 Å². The van der Waals surface area contributed by atoms with Gasteiger partial charge in [0, 0.05) is 12.6 Å². The predicted molar refractivity (Wildman–Crippen MR) is 50.5 cm³/mol. The standard InChI is InChI=1S/C9H18N2O2/c1-2-7-4-3-5-11(7)6-8(10)9(12)13/h7-8H,2-6,10H2,1H3,(H,12,13). The lowest BCUT2D eigenvalue weighted by molar-refractivity contribution is -0.139. The first-order valence-corrected chi connectivity index (χ1v) is 4.87. The molecule has 0 bridgehead atoms. The minimum absolute atomic E-state index is 0.494. The molecule has 1 fully saturated rings. The molecule has 1 aliphatic rings. The van der Waals surface area contributed by atoms with Crippen LogP contribution >= 0.6 is 0 Å². The molecule has 0 aromatic carbocycles. The van der Waals surface area contributed by atoms with Crippen LogP contribution in [0.3, 0.4) is 0 Å². The maximum atomic E-state index is 10.5. The zero-order valence-corrected chi connectivity index (χ0v) is 8.07. The van der Waals surface area contributed by atoms with Gasteiger partial charge in [0.1, 0.15) is 6.04 Å². The second-order valence-electron chi connectivity index (χ2n) is 3.64. The van der Waals surface area contributed by atoms with Gasteiger partial charge >= 0.3 is 5.97 Å². The summed E-state index contributed by atoms with van der Waals surface area (Å²) in [6.07, 6.45) is 3.44. The average molecular weight is 186 g/mol. The van der Waals surface area contributed by atoms with E-state index in [9.17, 15) is 4.79 Å². The zero-order valence-electron chi connectivity index (χ0n) is 8.07. The second-order valence-corrected chi connectivity index (χ2v) is 3.64. The largest absolute Gasteiger partial charge is 0.480 e. The van der Waals surface area contributed by atoms with Crippen LogP contribution in [0.25, 0.3) is 0 Å². The van der Waals surface area contributed by atoms with E-state index < -0.39 is 12.0 Å². The van der Waals surface area contributed by atoms with Gasteiger partial charge in [-0.25, -0.2) is 0 Å². The molecule has 4 heteroatoms. The minimum Gasteiger partial charge on any atom is -0.480 e. The molecular weight excluding hydrogens is 168 g/mol. The maximum absolute atomic E-state index is 10.5. The summed E-state index contributed by atoms with van der Waals surface area (Å²) >= 11 is 0. The third kappa shape index (κ3) is 2.67. The molecule has 0 radical (unpaired) electrons. The molecule has 0 aromatic heterocycles. The third-order valence-electron chi connectivity index (χ3n) is 2.72. The Hall–Kier alpha value is -0.610. The summed E-state index contributed by atoms with van der Waals surface area (Å²) in [5, 5.41) is 8.65. The summed E-state index contributed by atoms with van der Waals surface area (Å²) in [4.78, 5) is 12.7. The summed E-state index contributed by atoms with van der Waals surface area (Å²) in [7, 11) is 0. The highest BCUT2D eigenvalue weighted by molar-refractivity contribution is 5.73. The van der Waals surface area contributed by atoms with Crippen LogP contribution < -0.4 is 5.73 Å². The summed E-state index contributed by atoms with van der Waals surface area (Å²) in [6.45, 7) is 3.63. The van der Waals surface area contributed by atoms with E-state index in [1.165, 1.54) is 12.8 Å². The van der Waals surface area contributed by atoms with Gasteiger partial charge in [0.25, 0.3) is 0 Å². The Morgan fingerprint density at radius 1 is 1.77 bits per heavy atom. The van der Waals surface area contributed by atoms with Crippen molar-refractivity contribution in [3.63, 3.8) is 0 Å². The van der Waals surface area contributed by atoms with Gasteiger partial charge in [-0.05, 0) is 25.8 Å². The molecule has 1 heterocycles. The molecule has 13 heavy (non-hydrogen) atoms. The Bertz CT molecular complexity index is 184. The molecule has 2 unspecified atom stereocenters. The van der Waals surface area contributed by atoms with Crippen molar-refractivity contribution >= 4 is 5.97 Å². The summed E-state index contributed by atoms with van der Waals surface area (Å²) in [6, 6.07) is -0.183. The Morgan fingerprint density at radius 2 is 2.46 bits per heavy atom. The van der Waals surface area contributed by atoms with E-state index in [-0.39, 0.29) is 0 Å². The van der Waals surface area contributed by atoms with Gasteiger partial charge in [-0.1, -0.05) is 6.92 Å². The molecule has 1 saturated heterocycles. The van der Waals surface area contributed by atoms with Crippen LogP contribution in [0, 0.1) is 0 Å². The van der Waals surface area contributed by atoms with Crippen LogP contribution in [0.1, 0.15) is 26.2 Å². The maximum Gasteiger partial charge on any atom is 0.321 e. The molecule has 76 valence electrons. The van der Waals surface area contributed by atoms with Crippen molar-refractivity contribution in [2.75, 3.05) is 13.1 Å². The van der Waals surface area contributed by atoms with Crippen molar-refractivity contribution < 1.29 is 9.90 Å². The number of rotatable bonds is 4. The van der Waals surface area contributed by atoms with E-state index in [1.54, 1.807) is 0 Å². The molecule has 1 rings (SSSR count). The third-order valence-corrected chi connectivity index (χ3v) is 2.72. The van der Waals surface area contributed by atoms with E-state index >= 15 is 0 Å². The molecule has 0 aromatic rings. The first-order valence-electron chi connectivity index (χ1n) is 4.87. The summed E-state index contributed by atoms with van der Waals surface area (Å²) in [5.41, 5.74) is 5.47. The highest BCUT2D eigenvalue weighted by atomic mass is 16.4. The van der Waals surface area contributed by atoms with Gasteiger partial charge in [0.2, 0.25) is 0 Å². The van der Waals surface area contributed by atoms with Gasteiger partial charge in [-0.2, -0.15) is 0 Å². The van der Waals surface area contributed by atoms with Gasteiger partial charge in [0.05, 0.1) is 0 Å². The number of nitrogens with zero attached hydrogens (tertiary/aromatic N) is 1. The van der Waals surface area contributed by atoms with Crippen molar-refractivity contribution in [2.24, 2.45) is 5.73 Å². The van der Waals surface area contributed by atoms with E-state index in [4.69, 9.17) is 10.8 Å². The number of carboxylic acid groups (broad SMARTS) is 1. The summed E-state index contributed by atoms with van der Waals surface area (Å²) in [5.74, 6) is -0.901. The minimum atomic E-state index is -0.901. The fourth-order valence-corrected chi connectivity index (χ4v) is 1.93. The molecule has 2 atom stereocenters. The Balaban J connectivity index is 2.39. The molecule has 1 aliphatic heterocycles. The molecule has 4 nitrogen and oxygen atoms in total. The Labute approximate surface area is 78.7 Å². The van der Waals surface area contributed by atoms with Crippen LogP contribution in [0.15, 0.2) is 0 Å². The van der Waals surface area contributed by atoms with Gasteiger partial charge in [-0.3, -0.25) is 9.69 Å². The van der Waals surface area contributed by atoms with Crippen molar-refractivity contribution in [1.29, 1.82) is 0 Å². The molecular formula is C9H18N2O2. The van der Waals surface area contributed by atoms with Crippen molar-refractivity contribution in [3.8, 4) is 0 Å². The highest BCUT2D eigenvalue weighted by Crippen LogP contribution is 2.19. The monoisotopic (exact) mass is 186 g/mol. The molecule has 3 N–H and O–H groups in total. The first kappa shape index (κ1) is 10.5. The van der Waals surface area contributed by atoms with Crippen LogP contribution in [0.4, 0.5) is 0 Å². The van der Waals surface area contributed by atoms with Gasteiger partial charge < -0.3 is 10.8 Å². The van der Waals surface area contributed by atoms with Crippen molar-refractivity contribution in [3.05, 3.63) is 0 Å². The number of hydrogen-bond acceptors (Lipinski definition) is 3. The quantitative estimate of drug-likeness (QED) is 0.661. The van der Waals surface area contributed by atoms with Crippen molar-refractivity contribution in [1.82, 2.24) is 4.90 Å². The number of hydrogen-bond donors (Lipinski definition) is 2.